The Morgan fingerprint density at radius 2 is 1.93 bits per heavy atom. The van der Waals surface area contributed by atoms with Gasteiger partial charge in [0.15, 0.2) is 0 Å². The summed E-state index contributed by atoms with van der Waals surface area (Å²) in [5.74, 6) is 0.901. The molecule has 148 valence electrons. The molecule has 0 unspecified atom stereocenters. The van der Waals surface area contributed by atoms with E-state index in [0.717, 1.165) is 55.4 Å². The minimum Gasteiger partial charge on any atom is -0.491 e. The molecule has 0 spiro atoms. The number of pyridine rings is 1. The van der Waals surface area contributed by atoms with Gasteiger partial charge in [0.25, 0.3) is 0 Å². The summed E-state index contributed by atoms with van der Waals surface area (Å²) in [6, 6.07) is 12.7. The number of benzene rings is 1. The highest BCUT2D eigenvalue weighted by atomic mass is 16.5. The average Bonchev–Trinajstić information content (AvgIpc) is 2.83. The molecular weight excluding hydrogens is 348 g/mol. The maximum absolute atomic E-state index is 5.80. The molecule has 1 aliphatic rings. The van der Waals surface area contributed by atoms with Crippen molar-refractivity contribution >= 4 is 5.65 Å². The number of hydrogen-bond acceptors (Lipinski definition) is 4. The molecule has 28 heavy (non-hydrogen) atoms. The molecule has 1 aromatic carbocycles. The van der Waals surface area contributed by atoms with Crippen LogP contribution in [0.15, 0.2) is 42.6 Å². The van der Waals surface area contributed by atoms with Crippen molar-refractivity contribution in [1.82, 2.24) is 19.6 Å². The quantitative estimate of drug-likeness (QED) is 0.731. The van der Waals surface area contributed by atoms with Gasteiger partial charge in [-0.05, 0) is 82.2 Å². The molecule has 3 heterocycles. The fourth-order valence-electron chi connectivity index (χ4n) is 3.81. The average molecular weight is 379 g/mol. The van der Waals surface area contributed by atoms with Gasteiger partial charge < -0.3 is 14.5 Å². The number of nitrogens with zero attached hydrogens (tertiary/aromatic N) is 3. The number of ether oxygens (including phenoxy) is 1. The van der Waals surface area contributed by atoms with E-state index in [1.165, 1.54) is 17.7 Å². The minimum atomic E-state index is 0.177. The first-order valence-electron chi connectivity index (χ1n) is 10.3. The number of fused-ring (bicyclic) bond motifs is 1. The monoisotopic (exact) mass is 378 g/mol. The summed E-state index contributed by atoms with van der Waals surface area (Å²) in [7, 11) is 0. The summed E-state index contributed by atoms with van der Waals surface area (Å²) in [6.07, 6.45) is 3.52. The molecule has 0 aliphatic carbocycles. The molecule has 0 bridgehead atoms. The predicted octanol–water partition coefficient (Wildman–Crippen LogP) is 3.89. The second-order valence-electron chi connectivity index (χ2n) is 7.91. The van der Waals surface area contributed by atoms with Gasteiger partial charge >= 0.3 is 0 Å². The van der Waals surface area contributed by atoms with Crippen LogP contribution in [0.25, 0.3) is 16.9 Å². The van der Waals surface area contributed by atoms with E-state index < -0.39 is 0 Å². The van der Waals surface area contributed by atoms with Crippen LogP contribution in [-0.4, -0.2) is 46.6 Å². The van der Waals surface area contributed by atoms with E-state index in [-0.39, 0.29) is 6.10 Å². The largest absolute Gasteiger partial charge is 0.491 e. The smallest absolute Gasteiger partial charge is 0.137 e. The van der Waals surface area contributed by atoms with Crippen molar-refractivity contribution in [2.45, 2.75) is 39.8 Å². The second-order valence-corrected chi connectivity index (χ2v) is 7.91. The van der Waals surface area contributed by atoms with Crippen LogP contribution in [0, 0.1) is 6.92 Å². The van der Waals surface area contributed by atoms with Gasteiger partial charge in [0.1, 0.15) is 11.4 Å². The SMILES string of the molecule is Cc1ccn2c(CN3CCCNCC3)c(-c3ccc(OC(C)C)cc3)nc2c1. The van der Waals surface area contributed by atoms with Gasteiger partial charge in [0.2, 0.25) is 0 Å². The molecule has 1 fully saturated rings. The Kier molecular flexibility index (Phi) is 5.64. The van der Waals surface area contributed by atoms with Crippen molar-refractivity contribution in [3.8, 4) is 17.0 Å². The van der Waals surface area contributed by atoms with Gasteiger partial charge in [-0.1, -0.05) is 0 Å². The van der Waals surface area contributed by atoms with Crippen LogP contribution in [-0.2, 0) is 6.54 Å². The Hall–Kier alpha value is -2.37. The lowest BCUT2D eigenvalue weighted by molar-refractivity contribution is 0.242. The van der Waals surface area contributed by atoms with Crippen molar-refractivity contribution in [2.24, 2.45) is 0 Å². The molecular formula is C23H30N4O. The Labute approximate surface area is 167 Å². The zero-order valence-electron chi connectivity index (χ0n) is 17.1. The van der Waals surface area contributed by atoms with Crippen LogP contribution >= 0.6 is 0 Å². The number of hydrogen-bond donors (Lipinski definition) is 1. The van der Waals surface area contributed by atoms with Crippen molar-refractivity contribution in [3.05, 3.63) is 53.9 Å². The zero-order valence-corrected chi connectivity index (χ0v) is 17.1. The van der Waals surface area contributed by atoms with Crippen LogP contribution < -0.4 is 10.1 Å². The first kappa shape index (κ1) is 19.0. The number of nitrogens with one attached hydrogen (secondary N) is 1. The summed E-state index contributed by atoms with van der Waals surface area (Å²) in [6.45, 7) is 11.5. The van der Waals surface area contributed by atoms with Gasteiger partial charge in [-0.15, -0.1) is 0 Å². The number of rotatable bonds is 5. The molecule has 1 aliphatic heterocycles. The van der Waals surface area contributed by atoms with E-state index in [0.29, 0.717) is 0 Å². The maximum Gasteiger partial charge on any atom is 0.137 e. The molecule has 0 radical (unpaired) electrons. The Balaban J connectivity index is 1.71. The van der Waals surface area contributed by atoms with Gasteiger partial charge in [0.05, 0.1) is 17.5 Å². The molecule has 1 N–H and O–H groups in total. The van der Waals surface area contributed by atoms with E-state index in [1.54, 1.807) is 0 Å². The molecule has 3 aromatic rings. The fraction of sp³-hybridized carbons (Fsp3) is 0.435. The van der Waals surface area contributed by atoms with Crippen LogP contribution in [0.5, 0.6) is 5.75 Å². The van der Waals surface area contributed by atoms with E-state index in [2.05, 4.69) is 52.0 Å². The summed E-state index contributed by atoms with van der Waals surface area (Å²) in [5, 5.41) is 3.49. The molecule has 0 saturated carbocycles. The Morgan fingerprint density at radius 1 is 1.11 bits per heavy atom. The lowest BCUT2D eigenvalue weighted by atomic mass is 10.1. The van der Waals surface area contributed by atoms with Crippen LogP contribution in [0.3, 0.4) is 0 Å². The predicted molar refractivity (Wildman–Crippen MR) is 114 cm³/mol. The molecule has 0 atom stereocenters. The summed E-state index contributed by atoms with van der Waals surface area (Å²) in [4.78, 5) is 7.53. The third-order valence-corrected chi connectivity index (χ3v) is 5.19. The van der Waals surface area contributed by atoms with E-state index in [4.69, 9.17) is 9.72 Å². The third-order valence-electron chi connectivity index (χ3n) is 5.19. The van der Waals surface area contributed by atoms with Gasteiger partial charge in [0, 0.05) is 31.4 Å². The zero-order chi connectivity index (χ0) is 19.5. The van der Waals surface area contributed by atoms with E-state index >= 15 is 0 Å². The van der Waals surface area contributed by atoms with E-state index in [9.17, 15) is 0 Å². The van der Waals surface area contributed by atoms with Crippen molar-refractivity contribution < 1.29 is 4.74 Å². The molecule has 4 rings (SSSR count). The van der Waals surface area contributed by atoms with Crippen molar-refractivity contribution in [3.63, 3.8) is 0 Å². The lowest BCUT2D eigenvalue weighted by Gasteiger charge is -2.20. The van der Waals surface area contributed by atoms with Gasteiger partial charge in [-0.25, -0.2) is 4.98 Å². The summed E-state index contributed by atoms with van der Waals surface area (Å²) >= 11 is 0. The van der Waals surface area contributed by atoms with Crippen molar-refractivity contribution in [2.75, 3.05) is 26.2 Å². The normalized spacial score (nSPS) is 15.9. The topological polar surface area (TPSA) is 41.8 Å². The summed E-state index contributed by atoms with van der Waals surface area (Å²) < 4.78 is 8.05. The number of aryl methyl sites for hydroxylation is 1. The second kappa shape index (κ2) is 8.33. The fourth-order valence-corrected chi connectivity index (χ4v) is 3.81. The molecule has 2 aromatic heterocycles. The van der Waals surface area contributed by atoms with E-state index in [1.807, 2.05) is 26.0 Å². The van der Waals surface area contributed by atoms with Gasteiger partial charge in [-0.2, -0.15) is 0 Å². The maximum atomic E-state index is 5.80. The first-order valence-corrected chi connectivity index (χ1v) is 10.3. The number of aromatic nitrogens is 2. The van der Waals surface area contributed by atoms with Crippen LogP contribution in [0.2, 0.25) is 0 Å². The highest BCUT2D eigenvalue weighted by Gasteiger charge is 2.18. The summed E-state index contributed by atoms with van der Waals surface area (Å²) in [5.41, 5.74) is 5.71. The minimum absolute atomic E-state index is 0.177. The highest BCUT2D eigenvalue weighted by Crippen LogP contribution is 2.28. The van der Waals surface area contributed by atoms with Gasteiger partial charge in [-0.3, -0.25) is 4.90 Å². The third kappa shape index (κ3) is 4.21. The molecule has 5 heteroatoms. The molecule has 0 amide bonds. The highest BCUT2D eigenvalue weighted by molar-refractivity contribution is 5.67. The Bertz CT molecular complexity index is 922. The molecule has 5 nitrogen and oxygen atoms in total. The number of imidazole rings is 1. The van der Waals surface area contributed by atoms with Crippen LogP contribution in [0.4, 0.5) is 0 Å². The van der Waals surface area contributed by atoms with Crippen LogP contribution in [0.1, 0.15) is 31.5 Å². The first-order chi connectivity index (χ1) is 13.6. The lowest BCUT2D eigenvalue weighted by Crippen LogP contribution is -2.28. The molecule has 1 saturated heterocycles. The standard InChI is InChI=1S/C23H30N4O/c1-17(2)28-20-7-5-19(6-8-20)23-21(16-26-12-4-10-24-11-14-26)27-13-9-18(3)15-22(27)25-23/h5-9,13,15,17,24H,4,10-12,14,16H2,1-3H3. The van der Waals surface area contributed by atoms with Crippen molar-refractivity contribution in [1.29, 1.82) is 0 Å². The Morgan fingerprint density at radius 3 is 2.71 bits per heavy atom.